The average Bonchev–Trinajstić information content (AvgIpc) is 2.51. The fourth-order valence-electron chi connectivity index (χ4n) is 1.93. The van der Waals surface area contributed by atoms with Crippen molar-refractivity contribution in [2.75, 3.05) is 6.61 Å². The van der Waals surface area contributed by atoms with E-state index in [9.17, 15) is 13.2 Å². The second-order valence-corrected chi connectivity index (χ2v) is 6.28. The minimum absolute atomic E-state index is 0.0246. The Labute approximate surface area is 160 Å². The van der Waals surface area contributed by atoms with Crippen LogP contribution >= 0.6 is 23.2 Å². The van der Waals surface area contributed by atoms with E-state index in [1.165, 1.54) is 6.92 Å². The Bertz CT molecular complexity index is 761. The van der Waals surface area contributed by atoms with Gasteiger partial charge in [0.15, 0.2) is 0 Å². The Morgan fingerprint density at radius 3 is 2.42 bits per heavy atom. The predicted octanol–water partition coefficient (Wildman–Crippen LogP) is 6.65. The number of benzene rings is 1. The van der Waals surface area contributed by atoms with Crippen molar-refractivity contribution in [3.8, 4) is 5.75 Å². The fourth-order valence-corrected chi connectivity index (χ4v) is 2.50. The van der Waals surface area contributed by atoms with E-state index in [1.54, 1.807) is 18.2 Å². The van der Waals surface area contributed by atoms with Crippen molar-refractivity contribution in [2.45, 2.75) is 27.1 Å². The summed E-state index contributed by atoms with van der Waals surface area (Å²) in [7, 11) is 0. The molecule has 0 amide bonds. The summed E-state index contributed by atoms with van der Waals surface area (Å²) >= 11 is 12.2. The van der Waals surface area contributed by atoms with Crippen LogP contribution in [0.15, 0.2) is 47.6 Å². The minimum Gasteiger partial charge on any atom is -0.405 e. The van der Waals surface area contributed by atoms with Crippen LogP contribution in [0.25, 0.3) is 6.08 Å². The summed E-state index contributed by atoms with van der Waals surface area (Å²) in [6, 6.07) is 1.10. The number of ether oxygens (including phenoxy) is 1. The molecule has 0 spiro atoms. The minimum atomic E-state index is -4.82. The quantitative estimate of drug-likeness (QED) is 0.535. The lowest BCUT2D eigenvalue weighted by atomic mass is 10.1. The van der Waals surface area contributed by atoms with E-state index < -0.39 is 12.1 Å². The molecule has 0 aliphatic carbocycles. The van der Waals surface area contributed by atoms with Gasteiger partial charge in [0.1, 0.15) is 5.75 Å². The second kappa shape index (κ2) is 9.86. The van der Waals surface area contributed by atoms with Gasteiger partial charge in [-0.25, -0.2) is 0 Å². The molecule has 142 valence electrons. The standard InChI is InChI=1S/C19H19Cl2F3O2/c1-12(5-4-6-13(2)9-10-25)7-8-15-16(20)11-17(14(3)18(15)21)26-19(22,23)24/h4-9,11,25H,10H2,1-3H3/b6-4+,8-7+,12-5+,13-9+. The Morgan fingerprint density at radius 2 is 1.85 bits per heavy atom. The zero-order valence-electron chi connectivity index (χ0n) is 14.5. The highest BCUT2D eigenvalue weighted by atomic mass is 35.5. The Morgan fingerprint density at radius 1 is 1.19 bits per heavy atom. The molecular weight excluding hydrogens is 388 g/mol. The summed E-state index contributed by atoms with van der Waals surface area (Å²) in [4.78, 5) is 0. The summed E-state index contributed by atoms with van der Waals surface area (Å²) in [5.41, 5.74) is 2.36. The molecular formula is C19H19Cl2F3O2. The maximum atomic E-state index is 12.4. The number of halogens is 5. The maximum absolute atomic E-state index is 12.4. The molecule has 7 heteroatoms. The molecule has 0 aromatic heterocycles. The molecule has 1 aromatic carbocycles. The smallest absolute Gasteiger partial charge is 0.405 e. The van der Waals surface area contributed by atoms with E-state index in [2.05, 4.69) is 4.74 Å². The third-order valence-corrected chi connectivity index (χ3v) is 4.12. The van der Waals surface area contributed by atoms with Gasteiger partial charge < -0.3 is 9.84 Å². The van der Waals surface area contributed by atoms with Gasteiger partial charge >= 0.3 is 6.36 Å². The number of aliphatic hydroxyl groups excluding tert-OH is 1. The van der Waals surface area contributed by atoms with Crippen LogP contribution in [0.2, 0.25) is 10.0 Å². The molecule has 0 heterocycles. The first-order valence-electron chi connectivity index (χ1n) is 7.60. The lowest BCUT2D eigenvalue weighted by molar-refractivity contribution is -0.274. The van der Waals surface area contributed by atoms with Crippen molar-refractivity contribution < 1.29 is 23.0 Å². The first kappa shape index (κ1) is 22.4. The van der Waals surface area contributed by atoms with Gasteiger partial charge in [-0.15, -0.1) is 13.2 Å². The first-order chi connectivity index (χ1) is 12.0. The highest BCUT2D eigenvalue weighted by Gasteiger charge is 2.32. The summed E-state index contributed by atoms with van der Waals surface area (Å²) in [6.07, 6.45) is 5.71. The van der Waals surface area contributed by atoms with Gasteiger partial charge in [-0.05, 0) is 20.8 Å². The van der Waals surface area contributed by atoms with Gasteiger partial charge in [-0.2, -0.15) is 0 Å². The fraction of sp³-hybridized carbons (Fsp3) is 0.263. The molecule has 0 saturated heterocycles. The van der Waals surface area contributed by atoms with Crippen LogP contribution in [-0.2, 0) is 0 Å². The summed E-state index contributed by atoms with van der Waals surface area (Å²) < 4.78 is 41.2. The average molecular weight is 407 g/mol. The van der Waals surface area contributed by atoms with E-state index in [4.69, 9.17) is 28.3 Å². The van der Waals surface area contributed by atoms with Gasteiger partial charge in [0, 0.05) is 17.2 Å². The highest BCUT2D eigenvalue weighted by Crippen LogP contribution is 2.38. The molecule has 0 atom stereocenters. The topological polar surface area (TPSA) is 29.5 Å². The summed E-state index contributed by atoms with van der Waals surface area (Å²) in [5, 5.41) is 8.93. The third kappa shape index (κ3) is 7.28. The van der Waals surface area contributed by atoms with Gasteiger partial charge in [-0.1, -0.05) is 70.8 Å². The first-order valence-corrected chi connectivity index (χ1v) is 8.35. The molecule has 1 aromatic rings. The molecule has 0 aliphatic heterocycles. The molecule has 2 nitrogen and oxygen atoms in total. The molecule has 0 unspecified atom stereocenters. The molecule has 26 heavy (non-hydrogen) atoms. The van der Waals surface area contributed by atoms with Crippen LogP contribution in [0, 0.1) is 6.92 Å². The zero-order valence-corrected chi connectivity index (χ0v) is 16.0. The van der Waals surface area contributed by atoms with Crippen LogP contribution in [0.3, 0.4) is 0 Å². The van der Waals surface area contributed by atoms with E-state index in [0.717, 1.165) is 17.2 Å². The number of hydrogen-bond donors (Lipinski definition) is 1. The van der Waals surface area contributed by atoms with Crippen LogP contribution < -0.4 is 4.74 Å². The Hall–Kier alpha value is -1.69. The van der Waals surface area contributed by atoms with E-state index in [1.807, 2.05) is 32.1 Å². The van der Waals surface area contributed by atoms with Gasteiger partial charge in [0.05, 0.1) is 16.7 Å². The predicted molar refractivity (Wildman–Crippen MR) is 101 cm³/mol. The molecule has 0 radical (unpaired) electrons. The van der Waals surface area contributed by atoms with Crippen molar-refractivity contribution in [1.82, 2.24) is 0 Å². The number of allylic oxidation sites excluding steroid dienone is 6. The molecule has 0 saturated carbocycles. The van der Waals surface area contributed by atoms with Crippen LogP contribution in [0.1, 0.15) is 25.0 Å². The third-order valence-electron chi connectivity index (χ3n) is 3.32. The van der Waals surface area contributed by atoms with Crippen LogP contribution in [0.4, 0.5) is 13.2 Å². The van der Waals surface area contributed by atoms with E-state index >= 15 is 0 Å². The molecule has 0 aliphatic rings. The van der Waals surface area contributed by atoms with Crippen molar-refractivity contribution in [3.05, 3.63) is 68.8 Å². The van der Waals surface area contributed by atoms with Gasteiger partial charge in [-0.3, -0.25) is 0 Å². The van der Waals surface area contributed by atoms with Crippen molar-refractivity contribution in [3.63, 3.8) is 0 Å². The second-order valence-electron chi connectivity index (χ2n) is 5.49. The molecule has 1 N–H and O–H groups in total. The number of hydrogen-bond acceptors (Lipinski definition) is 2. The van der Waals surface area contributed by atoms with Crippen LogP contribution in [0.5, 0.6) is 5.75 Å². The van der Waals surface area contributed by atoms with Crippen molar-refractivity contribution in [2.24, 2.45) is 0 Å². The molecule has 0 bridgehead atoms. The summed E-state index contributed by atoms with van der Waals surface area (Å²) in [5.74, 6) is -0.425. The van der Waals surface area contributed by atoms with Gasteiger partial charge in [0.25, 0.3) is 0 Å². The molecule has 0 fully saturated rings. The molecule has 1 rings (SSSR count). The van der Waals surface area contributed by atoms with Crippen LogP contribution in [-0.4, -0.2) is 18.1 Å². The number of rotatable bonds is 6. The number of aliphatic hydroxyl groups is 1. The van der Waals surface area contributed by atoms with E-state index in [0.29, 0.717) is 5.56 Å². The normalized spacial score (nSPS) is 13.9. The number of alkyl halides is 3. The Balaban J connectivity index is 3.05. The lowest BCUT2D eigenvalue weighted by Gasteiger charge is -2.14. The lowest BCUT2D eigenvalue weighted by Crippen LogP contribution is -2.18. The van der Waals surface area contributed by atoms with Crippen molar-refractivity contribution in [1.29, 1.82) is 0 Å². The SMILES string of the molecule is CC(/C=C/c1c(Cl)cc(OC(F)(F)F)c(C)c1Cl)=C\C=C\C(C)=C\CO. The summed E-state index contributed by atoms with van der Waals surface area (Å²) in [6.45, 7) is 5.11. The largest absolute Gasteiger partial charge is 0.573 e. The van der Waals surface area contributed by atoms with Crippen molar-refractivity contribution >= 4 is 29.3 Å². The van der Waals surface area contributed by atoms with E-state index in [-0.39, 0.29) is 22.2 Å². The van der Waals surface area contributed by atoms with Gasteiger partial charge in [0.2, 0.25) is 0 Å². The highest BCUT2D eigenvalue weighted by molar-refractivity contribution is 6.38. The monoisotopic (exact) mass is 406 g/mol. The maximum Gasteiger partial charge on any atom is 0.573 e. The Kier molecular flexibility index (Phi) is 8.47. The zero-order chi connectivity index (χ0) is 19.9.